The van der Waals surface area contributed by atoms with E-state index in [4.69, 9.17) is 4.74 Å². The fourth-order valence-electron chi connectivity index (χ4n) is 4.89. The van der Waals surface area contributed by atoms with Gasteiger partial charge in [0.2, 0.25) is 0 Å². The summed E-state index contributed by atoms with van der Waals surface area (Å²) in [4.78, 5) is 7.81. The molecule has 2 fully saturated rings. The van der Waals surface area contributed by atoms with Crippen LogP contribution in [0, 0.1) is 6.92 Å². The van der Waals surface area contributed by atoms with Crippen molar-refractivity contribution >= 4 is 5.69 Å². The number of anilines is 1. The van der Waals surface area contributed by atoms with Crippen LogP contribution in [0.15, 0.2) is 30.5 Å². The zero-order chi connectivity index (χ0) is 20.2. The molecule has 158 valence electrons. The van der Waals surface area contributed by atoms with Crippen LogP contribution in [0.3, 0.4) is 0 Å². The average molecular weight is 398 g/mol. The Morgan fingerprint density at radius 3 is 2.62 bits per heavy atom. The first-order valence-electron chi connectivity index (χ1n) is 11.0. The van der Waals surface area contributed by atoms with E-state index in [-0.39, 0.29) is 0 Å². The second-order valence-electron chi connectivity index (χ2n) is 8.30. The smallest absolute Gasteiger partial charge is 0.142 e. The number of hydrogen-bond donors (Lipinski definition) is 0. The molecule has 0 N–H and O–H groups in total. The molecule has 0 unspecified atom stereocenters. The summed E-state index contributed by atoms with van der Waals surface area (Å²) < 4.78 is 7.67. The van der Waals surface area contributed by atoms with Crippen molar-refractivity contribution in [3.63, 3.8) is 0 Å². The van der Waals surface area contributed by atoms with Crippen molar-refractivity contribution in [2.75, 3.05) is 51.3 Å². The van der Waals surface area contributed by atoms with Crippen molar-refractivity contribution in [2.45, 2.75) is 45.8 Å². The summed E-state index contributed by atoms with van der Waals surface area (Å²) in [6.07, 6.45) is 4.67. The van der Waals surface area contributed by atoms with Gasteiger partial charge in [-0.15, -0.1) is 0 Å². The number of methoxy groups -OCH3 is 1. The highest BCUT2D eigenvalue weighted by Crippen LogP contribution is 2.29. The van der Waals surface area contributed by atoms with E-state index >= 15 is 0 Å². The van der Waals surface area contributed by atoms with E-state index < -0.39 is 0 Å². The molecule has 1 aromatic carbocycles. The van der Waals surface area contributed by atoms with E-state index in [2.05, 4.69) is 62.7 Å². The van der Waals surface area contributed by atoms with E-state index in [0.29, 0.717) is 6.04 Å². The lowest BCUT2D eigenvalue weighted by Gasteiger charge is -2.44. The van der Waals surface area contributed by atoms with Crippen LogP contribution in [0.25, 0.3) is 0 Å². The largest absolute Gasteiger partial charge is 0.495 e. The van der Waals surface area contributed by atoms with Crippen LogP contribution in [0.2, 0.25) is 0 Å². The fraction of sp³-hybridized carbons (Fsp3) is 0.609. The van der Waals surface area contributed by atoms with Crippen LogP contribution in [-0.4, -0.2) is 72.0 Å². The predicted octanol–water partition coefficient (Wildman–Crippen LogP) is 3.01. The third-order valence-electron chi connectivity index (χ3n) is 6.64. The lowest BCUT2D eigenvalue weighted by Crippen LogP contribution is -2.55. The topological polar surface area (TPSA) is 36.8 Å². The van der Waals surface area contributed by atoms with Gasteiger partial charge in [0, 0.05) is 63.1 Å². The Balaban J connectivity index is 1.33. The maximum atomic E-state index is 5.56. The van der Waals surface area contributed by atoms with Crippen LogP contribution in [-0.2, 0) is 13.1 Å². The molecular formula is C23H35N5O. The number of piperidine rings is 1. The van der Waals surface area contributed by atoms with Gasteiger partial charge in [-0.25, -0.2) is 0 Å². The van der Waals surface area contributed by atoms with Crippen molar-refractivity contribution in [3.8, 4) is 5.75 Å². The summed E-state index contributed by atoms with van der Waals surface area (Å²) in [5.41, 5.74) is 3.93. The molecule has 0 bridgehead atoms. The van der Waals surface area contributed by atoms with Crippen LogP contribution >= 0.6 is 0 Å². The second-order valence-corrected chi connectivity index (χ2v) is 8.30. The highest BCUT2D eigenvalue weighted by atomic mass is 16.5. The van der Waals surface area contributed by atoms with Gasteiger partial charge in [0.15, 0.2) is 0 Å². The number of aryl methyl sites for hydroxylation is 1. The molecule has 6 nitrogen and oxygen atoms in total. The van der Waals surface area contributed by atoms with Gasteiger partial charge < -0.3 is 9.64 Å². The van der Waals surface area contributed by atoms with Crippen molar-refractivity contribution in [3.05, 3.63) is 41.7 Å². The third-order valence-corrected chi connectivity index (χ3v) is 6.64. The molecule has 1 aromatic heterocycles. The lowest BCUT2D eigenvalue weighted by atomic mass is 10.0. The van der Waals surface area contributed by atoms with Crippen LogP contribution < -0.4 is 9.64 Å². The number of piperazine rings is 1. The Morgan fingerprint density at radius 2 is 1.90 bits per heavy atom. The van der Waals surface area contributed by atoms with Crippen molar-refractivity contribution < 1.29 is 4.74 Å². The molecule has 3 heterocycles. The first-order chi connectivity index (χ1) is 14.2. The number of nitrogens with zero attached hydrogens (tertiary/aromatic N) is 5. The molecule has 2 aromatic rings. The van der Waals surface area contributed by atoms with Gasteiger partial charge in [0.25, 0.3) is 0 Å². The SMILES string of the molecule is CCn1ncc(CN2CCC[C@@H](N3CCN(c4ccccc4OC)CC3)C2)c1C. The zero-order valence-electron chi connectivity index (χ0n) is 18.2. The van der Waals surface area contributed by atoms with Crippen molar-refractivity contribution in [1.29, 1.82) is 0 Å². The van der Waals surface area contributed by atoms with E-state index in [1.165, 1.54) is 42.9 Å². The molecule has 0 saturated carbocycles. The molecule has 0 aliphatic carbocycles. The minimum absolute atomic E-state index is 0.671. The number of aromatic nitrogens is 2. The Bertz CT molecular complexity index is 796. The van der Waals surface area contributed by atoms with E-state index in [9.17, 15) is 0 Å². The molecule has 0 radical (unpaired) electrons. The first kappa shape index (κ1) is 20.2. The van der Waals surface area contributed by atoms with E-state index in [1.807, 2.05) is 6.07 Å². The average Bonchev–Trinajstić information content (AvgIpc) is 3.13. The molecule has 1 atom stereocenters. The Morgan fingerprint density at radius 1 is 1.10 bits per heavy atom. The number of hydrogen-bond acceptors (Lipinski definition) is 5. The Kier molecular flexibility index (Phi) is 6.40. The third kappa shape index (κ3) is 4.43. The van der Waals surface area contributed by atoms with Gasteiger partial charge in [-0.05, 0) is 45.4 Å². The van der Waals surface area contributed by atoms with Crippen LogP contribution in [0.4, 0.5) is 5.69 Å². The standard InChI is InChI=1S/C23H35N5O/c1-4-28-19(2)20(16-24-28)17-25-11-7-8-21(18-25)26-12-14-27(15-13-26)22-9-5-6-10-23(22)29-3/h5-6,9-10,16,21H,4,7-8,11-15,17-18H2,1-3H3/t21-/m1/s1. The minimum atomic E-state index is 0.671. The molecule has 6 heteroatoms. The lowest BCUT2D eigenvalue weighted by molar-refractivity contribution is 0.0886. The van der Waals surface area contributed by atoms with Gasteiger partial charge in [-0.1, -0.05) is 12.1 Å². The van der Waals surface area contributed by atoms with Gasteiger partial charge in [0.1, 0.15) is 5.75 Å². The fourth-order valence-corrected chi connectivity index (χ4v) is 4.89. The monoisotopic (exact) mass is 397 g/mol. The second kappa shape index (κ2) is 9.18. The summed E-state index contributed by atoms with van der Waals surface area (Å²) in [6.45, 7) is 13.1. The van der Waals surface area contributed by atoms with Gasteiger partial charge in [0.05, 0.1) is 19.0 Å². The highest BCUT2D eigenvalue weighted by molar-refractivity contribution is 5.58. The molecule has 2 saturated heterocycles. The van der Waals surface area contributed by atoms with Gasteiger partial charge >= 0.3 is 0 Å². The van der Waals surface area contributed by atoms with Gasteiger partial charge in [-0.3, -0.25) is 14.5 Å². The molecule has 2 aliphatic heterocycles. The summed E-state index contributed by atoms with van der Waals surface area (Å²) >= 11 is 0. The highest BCUT2D eigenvalue weighted by Gasteiger charge is 2.29. The Hall–Kier alpha value is -2.05. The van der Waals surface area contributed by atoms with Crippen LogP contribution in [0.5, 0.6) is 5.75 Å². The summed E-state index contributed by atoms with van der Waals surface area (Å²) in [6, 6.07) is 9.05. The normalized spacial score (nSPS) is 21.5. The van der Waals surface area contributed by atoms with Crippen molar-refractivity contribution in [1.82, 2.24) is 19.6 Å². The molecule has 0 amide bonds. The molecular weight excluding hydrogens is 362 g/mol. The molecule has 4 rings (SSSR count). The Labute approximate surface area is 175 Å². The number of likely N-dealkylation sites (tertiary alicyclic amines) is 1. The minimum Gasteiger partial charge on any atom is -0.495 e. The maximum absolute atomic E-state index is 5.56. The van der Waals surface area contributed by atoms with Crippen molar-refractivity contribution in [2.24, 2.45) is 0 Å². The van der Waals surface area contributed by atoms with E-state index in [0.717, 1.165) is 45.0 Å². The predicted molar refractivity (Wildman–Crippen MR) is 118 cm³/mol. The first-order valence-corrected chi connectivity index (χ1v) is 11.0. The zero-order valence-corrected chi connectivity index (χ0v) is 18.2. The molecule has 0 spiro atoms. The summed E-state index contributed by atoms with van der Waals surface area (Å²) in [5, 5.41) is 4.52. The number of benzene rings is 1. The number of ether oxygens (including phenoxy) is 1. The summed E-state index contributed by atoms with van der Waals surface area (Å²) in [5.74, 6) is 0.979. The maximum Gasteiger partial charge on any atom is 0.142 e. The van der Waals surface area contributed by atoms with Gasteiger partial charge in [-0.2, -0.15) is 5.10 Å². The molecule has 2 aliphatic rings. The van der Waals surface area contributed by atoms with E-state index in [1.54, 1.807) is 7.11 Å². The van der Waals surface area contributed by atoms with Crippen LogP contribution in [0.1, 0.15) is 31.0 Å². The number of para-hydroxylation sites is 2. The quantitative estimate of drug-likeness (QED) is 0.749. The summed E-state index contributed by atoms with van der Waals surface area (Å²) in [7, 11) is 1.76. The number of rotatable bonds is 6. The molecule has 29 heavy (non-hydrogen) atoms.